The second-order valence-corrected chi connectivity index (χ2v) is 10.0. The lowest BCUT2D eigenvalue weighted by Crippen LogP contribution is -2.37. The van der Waals surface area contributed by atoms with Gasteiger partial charge in [0.15, 0.2) is 17.7 Å². The van der Waals surface area contributed by atoms with Crippen molar-refractivity contribution in [2.75, 3.05) is 37.7 Å². The molecule has 1 saturated heterocycles. The molecule has 16 nitrogen and oxygen atoms in total. The molecule has 0 unspecified atom stereocenters. The molecule has 0 radical (unpaired) electrons. The quantitative estimate of drug-likeness (QED) is 0.172. The fraction of sp³-hybridized carbons (Fsp3) is 0.478. The zero-order valence-electron chi connectivity index (χ0n) is 22.2. The normalized spacial score (nSPS) is 20.9. The maximum absolute atomic E-state index is 12.2. The van der Waals surface area contributed by atoms with Gasteiger partial charge in [0.25, 0.3) is 5.91 Å². The predicted octanol–water partition coefficient (Wildman–Crippen LogP) is -0.645. The van der Waals surface area contributed by atoms with Crippen molar-refractivity contribution < 1.29 is 37.5 Å². The van der Waals surface area contributed by atoms with E-state index >= 15 is 0 Å². The van der Waals surface area contributed by atoms with Gasteiger partial charge in [-0.05, 0) is 31.8 Å². The maximum atomic E-state index is 12.2. The standard InChI is InChI=1S/C17H19N7O8S.C6H15N/c18-7-1-2-8(9(25)3-7)16(28)23-33(29,30)31-4-10-12(26)13(27)17(32-10)24-6-22-11-14(19)20-5-21-15(11)24;1-4-7(5-2)6-3/h1-3,5-6,10,12-13,17,25-27H,4,18H2,(H,23,28)(H2,19,20,21);4-6H2,1-3H3/t10-,12-,13-,17-;/m1./s1. The first-order chi connectivity index (χ1) is 18.9. The van der Waals surface area contributed by atoms with Crippen LogP contribution in [0.2, 0.25) is 0 Å². The summed E-state index contributed by atoms with van der Waals surface area (Å²) in [5, 5.41) is 30.4. The number of nitrogen functional groups attached to an aromatic ring is 2. The van der Waals surface area contributed by atoms with E-state index in [1.807, 2.05) is 0 Å². The van der Waals surface area contributed by atoms with Gasteiger partial charge >= 0.3 is 10.3 Å². The number of fused-ring (bicyclic) bond motifs is 1. The molecular formula is C23H34N8O8S. The van der Waals surface area contributed by atoms with Crippen LogP contribution in [0.15, 0.2) is 30.9 Å². The molecule has 0 saturated carbocycles. The van der Waals surface area contributed by atoms with Crippen LogP contribution in [0.1, 0.15) is 37.4 Å². The number of aromatic hydroxyl groups is 1. The van der Waals surface area contributed by atoms with Gasteiger partial charge in [0.2, 0.25) is 0 Å². The van der Waals surface area contributed by atoms with Crippen LogP contribution < -0.4 is 16.2 Å². The second kappa shape index (κ2) is 13.2. The molecule has 3 aromatic rings. The van der Waals surface area contributed by atoms with Crippen LogP contribution in [0.25, 0.3) is 11.2 Å². The molecule has 1 aliphatic rings. The highest BCUT2D eigenvalue weighted by atomic mass is 32.2. The summed E-state index contributed by atoms with van der Waals surface area (Å²) in [7, 11) is -4.67. The molecule has 2 aromatic heterocycles. The number of carbonyl (C=O) groups excluding carboxylic acids is 1. The Morgan fingerprint density at radius 1 is 1.12 bits per heavy atom. The first-order valence-corrected chi connectivity index (χ1v) is 13.8. The molecular weight excluding hydrogens is 548 g/mol. The minimum absolute atomic E-state index is 0.0978. The summed E-state index contributed by atoms with van der Waals surface area (Å²) in [6, 6.07) is 3.50. The zero-order valence-corrected chi connectivity index (χ0v) is 23.0. The highest BCUT2D eigenvalue weighted by molar-refractivity contribution is 7.85. The van der Waals surface area contributed by atoms with Gasteiger partial charge in [0.1, 0.15) is 35.9 Å². The van der Waals surface area contributed by atoms with Gasteiger partial charge in [-0.2, -0.15) is 8.42 Å². The number of nitrogens with two attached hydrogens (primary N) is 2. The van der Waals surface area contributed by atoms with E-state index in [4.69, 9.17) is 20.4 Å². The van der Waals surface area contributed by atoms with E-state index in [-0.39, 0.29) is 28.2 Å². The first-order valence-electron chi connectivity index (χ1n) is 12.4. The highest BCUT2D eigenvalue weighted by Gasteiger charge is 2.45. The number of hydrogen-bond acceptors (Lipinski definition) is 14. The number of amides is 1. The minimum atomic E-state index is -4.67. The van der Waals surface area contributed by atoms with Crippen LogP contribution in [0.3, 0.4) is 0 Å². The lowest BCUT2D eigenvalue weighted by atomic mass is 10.1. The smallest absolute Gasteiger partial charge is 0.362 e. The van der Waals surface area contributed by atoms with E-state index in [0.717, 1.165) is 12.1 Å². The Morgan fingerprint density at radius 2 is 1.80 bits per heavy atom. The number of imidazole rings is 1. The van der Waals surface area contributed by atoms with Crippen LogP contribution in [-0.2, 0) is 19.2 Å². The topological polar surface area (TPSA) is 241 Å². The van der Waals surface area contributed by atoms with E-state index in [2.05, 4.69) is 40.6 Å². The Bertz CT molecular complexity index is 1410. The number of benzene rings is 1. The molecule has 4 rings (SSSR count). The van der Waals surface area contributed by atoms with Crippen LogP contribution in [0, 0.1) is 0 Å². The number of aliphatic hydroxyl groups excluding tert-OH is 2. The summed E-state index contributed by atoms with van der Waals surface area (Å²) in [5.74, 6) is -1.60. The van der Waals surface area contributed by atoms with Crippen LogP contribution in [0.4, 0.5) is 11.5 Å². The van der Waals surface area contributed by atoms with Crippen molar-refractivity contribution in [2.24, 2.45) is 0 Å². The summed E-state index contributed by atoms with van der Waals surface area (Å²) in [6.45, 7) is 9.38. The largest absolute Gasteiger partial charge is 0.507 e. The van der Waals surface area contributed by atoms with E-state index in [1.165, 1.54) is 42.9 Å². The van der Waals surface area contributed by atoms with Crippen molar-refractivity contribution in [1.29, 1.82) is 0 Å². The number of anilines is 2. The molecule has 220 valence electrons. The molecule has 8 N–H and O–H groups in total. The van der Waals surface area contributed by atoms with E-state index in [1.54, 1.807) is 4.72 Å². The summed E-state index contributed by atoms with van der Waals surface area (Å²) < 4.78 is 37.5. The number of phenolic OH excluding ortho intramolecular Hbond substituents is 1. The van der Waals surface area contributed by atoms with E-state index in [0.29, 0.717) is 0 Å². The molecule has 1 amide bonds. The van der Waals surface area contributed by atoms with Crippen LogP contribution in [0.5, 0.6) is 5.75 Å². The third-order valence-corrected chi connectivity index (χ3v) is 7.09. The lowest BCUT2D eigenvalue weighted by molar-refractivity contribution is -0.0468. The molecule has 3 heterocycles. The Labute approximate surface area is 230 Å². The third kappa shape index (κ3) is 7.12. The van der Waals surface area contributed by atoms with Gasteiger partial charge in [0.05, 0.1) is 18.5 Å². The number of rotatable bonds is 9. The van der Waals surface area contributed by atoms with E-state index in [9.17, 15) is 28.5 Å². The molecule has 1 aromatic carbocycles. The molecule has 40 heavy (non-hydrogen) atoms. The molecule has 4 atom stereocenters. The highest BCUT2D eigenvalue weighted by Crippen LogP contribution is 2.32. The number of carbonyl (C=O) groups is 1. The first kappa shape index (κ1) is 30.9. The van der Waals surface area contributed by atoms with Crippen molar-refractivity contribution in [3.05, 3.63) is 36.4 Å². The van der Waals surface area contributed by atoms with Gasteiger partial charge in [-0.1, -0.05) is 20.8 Å². The number of ether oxygens (including phenoxy) is 1. The second-order valence-electron chi connectivity index (χ2n) is 8.70. The Balaban J connectivity index is 0.000000559. The number of phenols is 1. The third-order valence-electron chi connectivity index (χ3n) is 6.21. The number of nitrogens with zero attached hydrogens (tertiary/aromatic N) is 5. The number of aliphatic hydroxyl groups is 2. The maximum Gasteiger partial charge on any atom is 0.362 e. The number of aromatic nitrogens is 4. The Hall–Kier alpha value is -3.61. The van der Waals surface area contributed by atoms with Gasteiger partial charge in [-0.3, -0.25) is 13.5 Å². The van der Waals surface area contributed by atoms with Crippen molar-refractivity contribution in [3.63, 3.8) is 0 Å². The SMILES string of the molecule is CCN(CC)CC.Nc1ccc(C(=O)NS(=O)(=O)OC[C@H]2O[C@@H](n3cnc4c(N)ncnc43)[C@H](O)[C@@H]2O)c(O)c1. The average Bonchev–Trinajstić information content (AvgIpc) is 3.45. The molecule has 1 aliphatic heterocycles. The van der Waals surface area contributed by atoms with E-state index < -0.39 is 53.1 Å². The number of hydrogen-bond donors (Lipinski definition) is 6. The average molecular weight is 583 g/mol. The Morgan fingerprint density at radius 3 is 2.40 bits per heavy atom. The summed E-state index contributed by atoms with van der Waals surface area (Å²) in [6.07, 6.45) is -3.05. The van der Waals surface area contributed by atoms with Crippen molar-refractivity contribution >= 4 is 38.9 Å². The summed E-state index contributed by atoms with van der Waals surface area (Å²) >= 11 is 0. The predicted molar refractivity (Wildman–Crippen MR) is 144 cm³/mol. The summed E-state index contributed by atoms with van der Waals surface area (Å²) in [4.78, 5) is 26.4. The molecule has 17 heteroatoms. The van der Waals surface area contributed by atoms with Crippen LogP contribution >= 0.6 is 0 Å². The van der Waals surface area contributed by atoms with Gasteiger partial charge < -0.3 is 36.4 Å². The zero-order chi connectivity index (χ0) is 29.6. The molecule has 1 fully saturated rings. The Kier molecular flexibility index (Phi) is 10.2. The fourth-order valence-corrected chi connectivity index (χ4v) is 4.63. The van der Waals surface area contributed by atoms with Crippen molar-refractivity contribution in [2.45, 2.75) is 45.3 Å². The molecule has 0 bridgehead atoms. The van der Waals surface area contributed by atoms with Gasteiger partial charge in [-0.25, -0.2) is 19.7 Å². The molecule has 0 spiro atoms. The molecule has 0 aliphatic carbocycles. The fourth-order valence-electron chi connectivity index (χ4n) is 3.92. The lowest BCUT2D eigenvalue weighted by Gasteiger charge is -2.16. The van der Waals surface area contributed by atoms with Gasteiger partial charge in [0, 0.05) is 11.8 Å². The summed E-state index contributed by atoms with van der Waals surface area (Å²) in [5.41, 5.74) is 11.5. The minimum Gasteiger partial charge on any atom is -0.507 e. The van der Waals surface area contributed by atoms with Gasteiger partial charge in [-0.15, -0.1) is 0 Å². The number of nitrogens with one attached hydrogen (secondary N) is 1. The van der Waals surface area contributed by atoms with Crippen molar-refractivity contribution in [3.8, 4) is 5.75 Å². The monoisotopic (exact) mass is 582 g/mol. The van der Waals surface area contributed by atoms with Crippen molar-refractivity contribution in [1.82, 2.24) is 29.1 Å². The van der Waals surface area contributed by atoms with Crippen LogP contribution in [-0.4, -0.2) is 98.6 Å².